The van der Waals surface area contributed by atoms with Crippen LogP contribution in [0.25, 0.3) is 0 Å². The largest absolute Gasteiger partial charge is 0.354 e. The number of aromatic nitrogens is 1. The third-order valence-electron chi connectivity index (χ3n) is 4.84. The third-order valence-corrected chi connectivity index (χ3v) is 4.84. The number of carbonyl (C=O) groups excluding carboxylic acids is 1. The van der Waals surface area contributed by atoms with E-state index in [1.807, 2.05) is 6.07 Å². The molecule has 2 aliphatic rings. The number of Topliss-reactive ketones (excluding diaryl/α,β-unsaturated/α-hetero) is 1. The summed E-state index contributed by atoms with van der Waals surface area (Å²) in [6.07, 6.45) is 5.14. The van der Waals surface area contributed by atoms with Gasteiger partial charge in [0.2, 0.25) is 0 Å². The first-order chi connectivity index (χ1) is 10.6. The average molecular weight is 296 g/mol. The maximum Gasteiger partial charge on any atom is 0.178 e. The first kappa shape index (κ1) is 13.4. The summed E-state index contributed by atoms with van der Waals surface area (Å²) < 4.78 is 13.4. The second kappa shape index (κ2) is 4.90. The second-order valence-electron chi connectivity index (χ2n) is 6.25. The van der Waals surface area contributed by atoms with Gasteiger partial charge in [0.25, 0.3) is 0 Å². The van der Waals surface area contributed by atoms with Crippen LogP contribution in [0.1, 0.15) is 59.6 Å². The standard InChI is InChI=1S/C18H17FN2O/c1-10(22)18-17-12-6-5-11(7-12)16(17)15(9-20-18)21-14-4-2-3-13(19)8-14/h2-4,8-9,11-12,21H,5-7H2,1H3. The van der Waals surface area contributed by atoms with Crippen LogP contribution in [0, 0.1) is 5.82 Å². The number of hydrogen-bond donors (Lipinski definition) is 1. The van der Waals surface area contributed by atoms with Gasteiger partial charge in [-0.05, 0) is 60.4 Å². The molecule has 4 heteroatoms. The maximum atomic E-state index is 13.4. The zero-order chi connectivity index (χ0) is 15.3. The molecular weight excluding hydrogens is 279 g/mol. The van der Waals surface area contributed by atoms with Gasteiger partial charge in [-0.25, -0.2) is 4.39 Å². The number of carbonyl (C=O) groups is 1. The molecule has 0 saturated heterocycles. The number of nitrogens with one attached hydrogen (secondary N) is 1. The molecule has 2 bridgehead atoms. The van der Waals surface area contributed by atoms with E-state index >= 15 is 0 Å². The van der Waals surface area contributed by atoms with Crippen molar-refractivity contribution < 1.29 is 9.18 Å². The van der Waals surface area contributed by atoms with Crippen molar-refractivity contribution in [1.82, 2.24) is 4.98 Å². The molecule has 1 heterocycles. The number of fused-ring (bicyclic) bond motifs is 5. The first-order valence-corrected chi connectivity index (χ1v) is 7.70. The number of halogens is 1. The highest BCUT2D eigenvalue weighted by molar-refractivity contribution is 5.95. The van der Waals surface area contributed by atoms with E-state index in [-0.39, 0.29) is 11.6 Å². The summed E-state index contributed by atoms with van der Waals surface area (Å²) in [5.41, 5.74) is 4.60. The van der Waals surface area contributed by atoms with Crippen LogP contribution in [0.2, 0.25) is 0 Å². The van der Waals surface area contributed by atoms with E-state index in [0.29, 0.717) is 23.2 Å². The average Bonchev–Trinajstić information content (AvgIpc) is 3.09. The van der Waals surface area contributed by atoms with E-state index < -0.39 is 0 Å². The van der Waals surface area contributed by atoms with Crippen LogP contribution in [-0.2, 0) is 0 Å². The molecule has 0 spiro atoms. The Morgan fingerprint density at radius 2 is 2.05 bits per heavy atom. The van der Waals surface area contributed by atoms with Crippen molar-refractivity contribution in [1.29, 1.82) is 0 Å². The fourth-order valence-corrected chi connectivity index (χ4v) is 4.00. The molecule has 1 saturated carbocycles. The molecule has 1 aromatic heterocycles. The van der Waals surface area contributed by atoms with Crippen molar-refractivity contribution in [2.24, 2.45) is 0 Å². The number of benzene rings is 1. The zero-order valence-electron chi connectivity index (χ0n) is 12.4. The SMILES string of the molecule is CC(=O)c1ncc(Nc2cccc(F)c2)c2c1C1CCC2C1. The molecule has 3 nitrogen and oxygen atoms in total. The zero-order valence-corrected chi connectivity index (χ0v) is 12.4. The molecule has 1 N–H and O–H groups in total. The van der Waals surface area contributed by atoms with Gasteiger partial charge in [0, 0.05) is 12.6 Å². The number of anilines is 2. The van der Waals surface area contributed by atoms with Crippen molar-refractivity contribution in [3.8, 4) is 0 Å². The molecule has 1 fully saturated rings. The second-order valence-corrected chi connectivity index (χ2v) is 6.25. The van der Waals surface area contributed by atoms with Crippen molar-refractivity contribution in [2.75, 3.05) is 5.32 Å². The number of hydrogen-bond acceptors (Lipinski definition) is 3. The highest BCUT2D eigenvalue weighted by Crippen LogP contribution is 2.56. The maximum absolute atomic E-state index is 13.4. The van der Waals surface area contributed by atoms with Crippen molar-refractivity contribution in [3.05, 3.63) is 53.1 Å². The van der Waals surface area contributed by atoms with Crippen molar-refractivity contribution in [3.63, 3.8) is 0 Å². The van der Waals surface area contributed by atoms with Crippen molar-refractivity contribution >= 4 is 17.2 Å². The summed E-state index contributed by atoms with van der Waals surface area (Å²) in [6, 6.07) is 6.41. The summed E-state index contributed by atoms with van der Waals surface area (Å²) in [5.74, 6) is 0.718. The Bertz CT molecular complexity index is 772. The molecule has 1 aromatic carbocycles. The quantitative estimate of drug-likeness (QED) is 0.846. The molecule has 2 atom stereocenters. The normalized spacial score (nSPS) is 21.7. The molecule has 4 rings (SSSR count). The predicted molar refractivity (Wildman–Crippen MR) is 83.3 cm³/mol. The smallest absolute Gasteiger partial charge is 0.178 e. The Labute approximate surface area is 128 Å². The predicted octanol–water partition coefficient (Wildman–Crippen LogP) is 4.53. The molecule has 0 aliphatic heterocycles. The molecule has 2 aromatic rings. The minimum atomic E-state index is -0.267. The topological polar surface area (TPSA) is 42.0 Å². The van der Waals surface area contributed by atoms with Gasteiger partial charge in [0.1, 0.15) is 11.5 Å². The number of ketones is 1. The summed E-state index contributed by atoms with van der Waals surface area (Å²) in [7, 11) is 0. The fourth-order valence-electron chi connectivity index (χ4n) is 4.00. The molecule has 0 radical (unpaired) electrons. The molecule has 2 unspecified atom stereocenters. The number of rotatable bonds is 3. The summed E-state index contributed by atoms with van der Waals surface area (Å²) >= 11 is 0. The molecule has 2 aliphatic carbocycles. The van der Waals surface area contributed by atoms with Gasteiger partial charge in [0.15, 0.2) is 5.78 Å². The van der Waals surface area contributed by atoms with Gasteiger partial charge in [-0.3, -0.25) is 9.78 Å². The first-order valence-electron chi connectivity index (χ1n) is 7.70. The third kappa shape index (κ3) is 2.02. The van der Waals surface area contributed by atoms with Crippen molar-refractivity contribution in [2.45, 2.75) is 38.0 Å². The Hall–Kier alpha value is -2.23. The van der Waals surface area contributed by atoms with E-state index in [1.165, 1.54) is 17.7 Å². The summed E-state index contributed by atoms with van der Waals surface area (Å²) in [6.45, 7) is 1.58. The van der Waals surface area contributed by atoms with Crippen LogP contribution in [0.5, 0.6) is 0 Å². The monoisotopic (exact) mass is 296 g/mol. The Kier molecular flexibility index (Phi) is 2.99. The fraction of sp³-hybridized carbons (Fsp3) is 0.333. The van der Waals surface area contributed by atoms with Crippen LogP contribution in [0.15, 0.2) is 30.5 Å². The Morgan fingerprint density at radius 1 is 1.27 bits per heavy atom. The van der Waals surface area contributed by atoms with Gasteiger partial charge < -0.3 is 5.32 Å². The summed E-state index contributed by atoms with van der Waals surface area (Å²) in [5, 5.41) is 3.28. The highest BCUT2D eigenvalue weighted by atomic mass is 19.1. The lowest BCUT2D eigenvalue weighted by atomic mass is 9.89. The Morgan fingerprint density at radius 3 is 2.77 bits per heavy atom. The van der Waals surface area contributed by atoms with E-state index in [1.54, 1.807) is 19.2 Å². The Balaban J connectivity index is 1.80. The van der Waals surface area contributed by atoms with E-state index in [0.717, 1.165) is 30.5 Å². The minimum Gasteiger partial charge on any atom is -0.354 e. The lowest BCUT2D eigenvalue weighted by Gasteiger charge is -2.21. The van der Waals surface area contributed by atoms with E-state index in [4.69, 9.17) is 0 Å². The number of pyridine rings is 1. The molecular formula is C18H17FN2O. The molecule has 22 heavy (non-hydrogen) atoms. The van der Waals surface area contributed by atoms with Gasteiger partial charge >= 0.3 is 0 Å². The van der Waals surface area contributed by atoms with Crippen LogP contribution in [0.4, 0.5) is 15.8 Å². The molecule has 0 amide bonds. The van der Waals surface area contributed by atoms with Crippen LogP contribution < -0.4 is 5.32 Å². The van der Waals surface area contributed by atoms with Gasteiger partial charge in [-0.2, -0.15) is 0 Å². The summed E-state index contributed by atoms with van der Waals surface area (Å²) in [4.78, 5) is 16.2. The van der Waals surface area contributed by atoms with Gasteiger partial charge in [0.05, 0.1) is 11.9 Å². The highest BCUT2D eigenvalue weighted by Gasteiger charge is 2.41. The van der Waals surface area contributed by atoms with Crippen LogP contribution in [-0.4, -0.2) is 10.8 Å². The van der Waals surface area contributed by atoms with E-state index in [2.05, 4.69) is 10.3 Å². The lowest BCUT2D eigenvalue weighted by Crippen LogP contribution is -2.11. The van der Waals surface area contributed by atoms with Gasteiger partial charge in [-0.1, -0.05) is 6.07 Å². The van der Waals surface area contributed by atoms with Crippen LogP contribution in [0.3, 0.4) is 0 Å². The minimum absolute atomic E-state index is 0.0288. The number of nitrogens with zero attached hydrogens (tertiary/aromatic N) is 1. The van der Waals surface area contributed by atoms with E-state index in [9.17, 15) is 9.18 Å². The lowest BCUT2D eigenvalue weighted by molar-refractivity contribution is 0.101. The molecule has 112 valence electrons. The van der Waals surface area contributed by atoms with Gasteiger partial charge in [-0.15, -0.1) is 0 Å². The van der Waals surface area contributed by atoms with Crippen LogP contribution >= 0.6 is 0 Å².